The van der Waals surface area contributed by atoms with Gasteiger partial charge in [0.25, 0.3) is 0 Å². The Morgan fingerprint density at radius 3 is 2.48 bits per heavy atom. The predicted octanol–water partition coefficient (Wildman–Crippen LogP) is 2.79. The molecular weight excluding hydrogens is 356 g/mol. The largest absolute Gasteiger partial charge is 0.257 e. The lowest BCUT2D eigenvalue weighted by Crippen LogP contribution is -2.30. The number of hydrogen-bond acceptors (Lipinski definition) is 5. The standard InChI is InChI=1S/C14H19ClN4O2S2/c1-4-19(5-2)23(20,21)12-6-7-14(16-9-12)22-10-11-8-13(15)18(3)17-11/h6-9H,4-5,10H2,1-3H3. The van der Waals surface area contributed by atoms with Crippen molar-refractivity contribution in [2.45, 2.75) is 29.5 Å². The first-order valence-corrected chi connectivity index (χ1v) is 9.96. The van der Waals surface area contributed by atoms with Crippen molar-refractivity contribution >= 4 is 33.4 Å². The van der Waals surface area contributed by atoms with Crippen LogP contribution in [0.15, 0.2) is 34.3 Å². The quantitative estimate of drug-likeness (QED) is 0.697. The lowest BCUT2D eigenvalue weighted by molar-refractivity contribution is 0.445. The highest BCUT2D eigenvalue weighted by Gasteiger charge is 2.21. The van der Waals surface area contributed by atoms with Crippen molar-refractivity contribution in [1.82, 2.24) is 19.1 Å². The molecule has 23 heavy (non-hydrogen) atoms. The van der Waals surface area contributed by atoms with E-state index in [1.54, 1.807) is 29.9 Å². The maximum atomic E-state index is 12.4. The third-order valence-corrected chi connectivity index (χ3v) is 6.66. The highest BCUT2D eigenvalue weighted by molar-refractivity contribution is 7.98. The monoisotopic (exact) mass is 374 g/mol. The highest BCUT2D eigenvalue weighted by Crippen LogP contribution is 2.23. The molecule has 0 radical (unpaired) electrons. The summed E-state index contributed by atoms with van der Waals surface area (Å²) in [7, 11) is -1.68. The van der Waals surface area contributed by atoms with Gasteiger partial charge in [-0.15, -0.1) is 0 Å². The van der Waals surface area contributed by atoms with Crippen LogP contribution in [0.4, 0.5) is 0 Å². The Kier molecular flexibility index (Phi) is 6.07. The number of halogens is 1. The lowest BCUT2D eigenvalue weighted by atomic mass is 10.5. The summed E-state index contributed by atoms with van der Waals surface area (Å²) in [5.74, 6) is 0.621. The van der Waals surface area contributed by atoms with E-state index < -0.39 is 10.0 Å². The van der Waals surface area contributed by atoms with Gasteiger partial charge in [0, 0.05) is 32.1 Å². The van der Waals surface area contributed by atoms with E-state index in [1.807, 2.05) is 13.8 Å². The number of nitrogens with zero attached hydrogens (tertiary/aromatic N) is 4. The van der Waals surface area contributed by atoms with Gasteiger partial charge in [-0.25, -0.2) is 13.4 Å². The van der Waals surface area contributed by atoms with Crippen molar-refractivity contribution in [3.05, 3.63) is 35.2 Å². The van der Waals surface area contributed by atoms with Crippen LogP contribution >= 0.6 is 23.4 Å². The van der Waals surface area contributed by atoms with Crippen LogP contribution in [0.3, 0.4) is 0 Å². The molecule has 0 aliphatic heterocycles. The van der Waals surface area contributed by atoms with Crippen molar-refractivity contribution in [3.8, 4) is 0 Å². The van der Waals surface area contributed by atoms with Gasteiger partial charge < -0.3 is 0 Å². The van der Waals surface area contributed by atoms with Crippen molar-refractivity contribution in [1.29, 1.82) is 0 Å². The molecule has 0 N–H and O–H groups in total. The van der Waals surface area contributed by atoms with E-state index in [-0.39, 0.29) is 4.90 Å². The number of pyridine rings is 1. The van der Waals surface area contributed by atoms with Gasteiger partial charge in [-0.05, 0) is 18.2 Å². The molecule has 2 aromatic heterocycles. The fraction of sp³-hybridized carbons (Fsp3) is 0.429. The van der Waals surface area contributed by atoms with Crippen LogP contribution in [0, 0.1) is 0 Å². The Balaban J connectivity index is 2.07. The van der Waals surface area contributed by atoms with Gasteiger partial charge in [0.05, 0.1) is 10.7 Å². The maximum absolute atomic E-state index is 12.4. The Morgan fingerprint density at radius 1 is 1.30 bits per heavy atom. The summed E-state index contributed by atoms with van der Waals surface area (Å²) in [6.45, 7) is 4.51. The van der Waals surface area contributed by atoms with Crippen molar-refractivity contribution < 1.29 is 8.42 Å². The molecule has 0 aromatic carbocycles. The molecule has 0 spiro atoms. The molecule has 0 aliphatic rings. The third kappa shape index (κ3) is 4.26. The first kappa shape index (κ1) is 18.3. The molecule has 0 amide bonds. The Hall–Kier alpha value is -1.09. The molecule has 0 saturated heterocycles. The number of aryl methyl sites for hydroxylation is 1. The van der Waals surface area contributed by atoms with E-state index in [0.717, 1.165) is 10.7 Å². The van der Waals surface area contributed by atoms with Crippen LogP contribution in [0.1, 0.15) is 19.5 Å². The van der Waals surface area contributed by atoms with Crippen LogP contribution in [-0.2, 0) is 22.8 Å². The molecule has 2 rings (SSSR count). The molecule has 0 atom stereocenters. The van der Waals surface area contributed by atoms with E-state index in [2.05, 4.69) is 10.1 Å². The summed E-state index contributed by atoms with van der Waals surface area (Å²) in [6, 6.07) is 5.10. The van der Waals surface area contributed by atoms with Crippen LogP contribution in [0.5, 0.6) is 0 Å². The molecule has 0 unspecified atom stereocenters. The SMILES string of the molecule is CCN(CC)S(=O)(=O)c1ccc(SCc2cc(Cl)n(C)n2)nc1. The van der Waals surface area contributed by atoms with E-state index in [0.29, 0.717) is 24.0 Å². The highest BCUT2D eigenvalue weighted by atomic mass is 35.5. The summed E-state index contributed by atoms with van der Waals surface area (Å²) in [4.78, 5) is 4.44. The van der Waals surface area contributed by atoms with Crippen LogP contribution in [-0.4, -0.2) is 40.6 Å². The van der Waals surface area contributed by atoms with Crippen molar-refractivity contribution in [2.75, 3.05) is 13.1 Å². The van der Waals surface area contributed by atoms with E-state index in [9.17, 15) is 8.42 Å². The van der Waals surface area contributed by atoms with Crippen LogP contribution in [0.25, 0.3) is 0 Å². The molecule has 0 saturated carbocycles. The fourth-order valence-electron chi connectivity index (χ4n) is 2.04. The number of rotatable bonds is 7. The third-order valence-electron chi connectivity index (χ3n) is 3.29. The summed E-state index contributed by atoms with van der Waals surface area (Å²) in [6.07, 6.45) is 1.40. The molecule has 6 nitrogen and oxygen atoms in total. The smallest absolute Gasteiger partial charge is 0.244 e. The van der Waals surface area contributed by atoms with Gasteiger partial charge in [0.15, 0.2) is 0 Å². The Labute approximate surface area is 145 Å². The van der Waals surface area contributed by atoms with E-state index in [4.69, 9.17) is 11.6 Å². The second kappa shape index (κ2) is 7.65. The fourth-order valence-corrected chi connectivity index (χ4v) is 4.33. The lowest BCUT2D eigenvalue weighted by Gasteiger charge is -2.18. The van der Waals surface area contributed by atoms with Crippen LogP contribution in [0.2, 0.25) is 5.15 Å². The first-order chi connectivity index (χ1) is 10.9. The number of aromatic nitrogens is 3. The summed E-state index contributed by atoms with van der Waals surface area (Å²) in [5.41, 5.74) is 0.851. The minimum Gasteiger partial charge on any atom is -0.257 e. The van der Waals surface area contributed by atoms with Gasteiger partial charge in [0.1, 0.15) is 10.0 Å². The molecule has 2 aromatic rings. The van der Waals surface area contributed by atoms with Gasteiger partial charge >= 0.3 is 0 Å². The number of thioether (sulfide) groups is 1. The van der Waals surface area contributed by atoms with Gasteiger partial charge in [-0.1, -0.05) is 37.2 Å². The van der Waals surface area contributed by atoms with E-state index >= 15 is 0 Å². The molecular formula is C14H19ClN4O2S2. The zero-order chi connectivity index (χ0) is 17.0. The van der Waals surface area contributed by atoms with Crippen molar-refractivity contribution in [3.63, 3.8) is 0 Å². The minimum absolute atomic E-state index is 0.214. The topological polar surface area (TPSA) is 68.1 Å². The minimum atomic E-state index is -3.46. The molecule has 126 valence electrons. The second-order valence-electron chi connectivity index (χ2n) is 4.79. The average Bonchev–Trinajstić information content (AvgIpc) is 2.85. The second-order valence-corrected chi connectivity index (χ2v) is 8.11. The summed E-state index contributed by atoms with van der Waals surface area (Å²) in [5, 5.41) is 5.58. The zero-order valence-electron chi connectivity index (χ0n) is 13.2. The molecule has 9 heteroatoms. The predicted molar refractivity (Wildman–Crippen MR) is 92.1 cm³/mol. The molecule has 0 aliphatic carbocycles. The number of hydrogen-bond donors (Lipinski definition) is 0. The van der Waals surface area contributed by atoms with E-state index in [1.165, 1.54) is 22.3 Å². The maximum Gasteiger partial charge on any atom is 0.244 e. The summed E-state index contributed by atoms with van der Waals surface area (Å²) < 4.78 is 27.8. The van der Waals surface area contributed by atoms with Crippen molar-refractivity contribution in [2.24, 2.45) is 7.05 Å². The summed E-state index contributed by atoms with van der Waals surface area (Å²) >= 11 is 7.42. The molecule has 0 fully saturated rings. The normalized spacial score (nSPS) is 12.0. The first-order valence-electron chi connectivity index (χ1n) is 7.15. The average molecular weight is 375 g/mol. The zero-order valence-corrected chi connectivity index (χ0v) is 15.6. The Morgan fingerprint density at radius 2 is 2.00 bits per heavy atom. The molecule has 2 heterocycles. The van der Waals surface area contributed by atoms with Gasteiger partial charge in [-0.3, -0.25) is 4.68 Å². The van der Waals surface area contributed by atoms with Gasteiger partial charge in [0.2, 0.25) is 10.0 Å². The Bertz CT molecular complexity index is 736. The van der Waals surface area contributed by atoms with Gasteiger partial charge in [-0.2, -0.15) is 9.40 Å². The number of sulfonamides is 1. The molecule has 0 bridgehead atoms. The van der Waals surface area contributed by atoms with Crippen LogP contribution < -0.4 is 0 Å².